The van der Waals surface area contributed by atoms with E-state index in [1.165, 1.54) is 42.6 Å². The molecule has 10 heteroatoms. The summed E-state index contributed by atoms with van der Waals surface area (Å²) in [5, 5.41) is 4.24. The number of rotatable bonds is 4. The number of hydrogen-bond acceptors (Lipinski definition) is 5. The van der Waals surface area contributed by atoms with Gasteiger partial charge in [0.1, 0.15) is 15.7 Å². The molecule has 0 bridgehead atoms. The normalized spacial score (nSPS) is 11.4. The van der Waals surface area contributed by atoms with Crippen molar-refractivity contribution in [2.75, 3.05) is 0 Å². The van der Waals surface area contributed by atoms with Crippen molar-refractivity contribution in [3.05, 3.63) is 79.6 Å². The zero-order chi connectivity index (χ0) is 19.8. The fourth-order valence-electron chi connectivity index (χ4n) is 2.19. The Bertz CT molecular complexity index is 1180. The molecule has 0 radical (unpaired) electrons. The summed E-state index contributed by atoms with van der Waals surface area (Å²) in [7, 11) is -4.06. The molecule has 1 heterocycles. The van der Waals surface area contributed by atoms with E-state index < -0.39 is 15.7 Å². The molecule has 0 spiro atoms. The Morgan fingerprint density at radius 3 is 2.30 bits per heavy atom. The highest BCUT2D eigenvalue weighted by molar-refractivity contribution is 7.87. The first-order valence-corrected chi connectivity index (χ1v) is 9.97. The van der Waals surface area contributed by atoms with Gasteiger partial charge in [-0.2, -0.15) is 18.2 Å². The van der Waals surface area contributed by atoms with Crippen molar-refractivity contribution in [1.82, 2.24) is 9.78 Å². The van der Waals surface area contributed by atoms with Crippen molar-refractivity contribution >= 4 is 44.9 Å². The van der Waals surface area contributed by atoms with E-state index in [2.05, 4.69) is 5.10 Å². The van der Waals surface area contributed by atoms with Crippen molar-refractivity contribution < 1.29 is 12.6 Å². The van der Waals surface area contributed by atoms with Gasteiger partial charge in [-0.3, -0.25) is 4.79 Å². The average molecular weight is 446 g/mol. The fraction of sp³-hybridized carbons (Fsp3) is 0.0588. The minimum atomic E-state index is -4.06. The largest absolute Gasteiger partial charge is 0.379 e. The number of hydrogen-bond donors (Lipinski definition) is 0. The molecular weight excluding hydrogens is 435 g/mol. The molecule has 1 aromatic heterocycles. The Morgan fingerprint density at radius 1 is 1.00 bits per heavy atom. The summed E-state index contributed by atoms with van der Waals surface area (Å²) in [5.74, 6) is 0.142. The predicted molar refractivity (Wildman–Crippen MR) is 104 cm³/mol. The Kier molecular flexibility index (Phi) is 5.48. The predicted octanol–water partition coefficient (Wildman–Crippen LogP) is 4.27. The van der Waals surface area contributed by atoms with Crippen LogP contribution in [0.3, 0.4) is 0 Å². The lowest BCUT2D eigenvalue weighted by Gasteiger charge is -2.09. The first-order chi connectivity index (χ1) is 12.7. The zero-order valence-electron chi connectivity index (χ0n) is 13.7. The smallest absolute Gasteiger partial charge is 0.339 e. The molecule has 0 aliphatic rings. The van der Waals surface area contributed by atoms with Gasteiger partial charge < -0.3 is 4.18 Å². The van der Waals surface area contributed by atoms with Crippen molar-refractivity contribution in [1.29, 1.82) is 0 Å². The van der Waals surface area contributed by atoms with Crippen molar-refractivity contribution in [2.24, 2.45) is 0 Å². The highest BCUT2D eigenvalue weighted by atomic mass is 35.5. The summed E-state index contributed by atoms with van der Waals surface area (Å²) in [6, 6.07) is 9.93. The van der Waals surface area contributed by atoms with Gasteiger partial charge in [-0.15, -0.1) is 0 Å². The van der Waals surface area contributed by atoms with Gasteiger partial charge >= 0.3 is 10.1 Å². The topological polar surface area (TPSA) is 78.3 Å². The molecule has 0 fully saturated rings. The molecule has 140 valence electrons. The summed E-state index contributed by atoms with van der Waals surface area (Å²) in [6.45, 7) is 1.73. The van der Waals surface area contributed by atoms with E-state index in [1.807, 2.05) is 0 Å². The molecule has 6 nitrogen and oxygen atoms in total. The van der Waals surface area contributed by atoms with E-state index in [1.54, 1.807) is 13.0 Å². The van der Waals surface area contributed by atoms with Crippen LogP contribution >= 0.6 is 34.8 Å². The lowest BCUT2D eigenvalue weighted by atomic mass is 10.2. The standard InChI is InChI=1S/C17H11Cl3N2O4S/c1-10-8-12(4-7-14(10)18)26-27(24,25)13-5-2-11(3-6-13)22-17(23)16(20)15(19)9-21-22/h2-9H,1H3. The summed E-state index contributed by atoms with van der Waals surface area (Å²) in [5.41, 5.74) is 0.386. The van der Waals surface area contributed by atoms with Crippen LogP contribution in [-0.2, 0) is 10.1 Å². The van der Waals surface area contributed by atoms with Crippen LogP contribution in [0.1, 0.15) is 5.56 Å². The third-order valence-electron chi connectivity index (χ3n) is 3.58. The second kappa shape index (κ2) is 7.52. The van der Waals surface area contributed by atoms with Gasteiger partial charge in [-0.25, -0.2) is 0 Å². The van der Waals surface area contributed by atoms with Crippen LogP contribution in [0.4, 0.5) is 0 Å². The minimum absolute atomic E-state index is 0.0313. The van der Waals surface area contributed by atoms with Gasteiger partial charge in [0.2, 0.25) is 0 Å². The maximum absolute atomic E-state index is 12.4. The summed E-state index contributed by atoms with van der Waals surface area (Å²) >= 11 is 17.5. The van der Waals surface area contributed by atoms with E-state index in [4.69, 9.17) is 39.0 Å². The summed E-state index contributed by atoms with van der Waals surface area (Å²) in [6.07, 6.45) is 1.22. The molecule has 3 rings (SSSR count). The Hall–Kier alpha value is -2.06. The molecule has 0 unspecified atom stereocenters. The van der Waals surface area contributed by atoms with Gasteiger partial charge in [0.05, 0.1) is 16.9 Å². The first kappa shape index (κ1) is 19.7. The second-order valence-corrected chi connectivity index (χ2v) is 8.20. The fourth-order valence-corrected chi connectivity index (χ4v) is 3.49. The lowest BCUT2D eigenvalue weighted by molar-refractivity contribution is 0.486. The minimum Gasteiger partial charge on any atom is -0.379 e. The molecule has 0 saturated carbocycles. The van der Waals surface area contributed by atoms with Crippen LogP contribution in [0.15, 0.2) is 58.4 Å². The molecule has 0 N–H and O–H groups in total. The monoisotopic (exact) mass is 444 g/mol. The van der Waals surface area contributed by atoms with Crippen molar-refractivity contribution in [3.8, 4) is 11.4 Å². The third-order valence-corrected chi connectivity index (χ3v) is 6.02. The summed E-state index contributed by atoms with van der Waals surface area (Å²) < 4.78 is 31.0. The molecule has 0 amide bonds. The number of aromatic nitrogens is 2. The number of aryl methyl sites for hydroxylation is 1. The second-order valence-electron chi connectivity index (χ2n) is 5.47. The van der Waals surface area contributed by atoms with E-state index in [-0.39, 0.29) is 20.7 Å². The van der Waals surface area contributed by atoms with Crippen LogP contribution in [0.25, 0.3) is 5.69 Å². The van der Waals surface area contributed by atoms with E-state index in [0.29, 0.717) is 16.3 Å². The van der Waals surface area contributed by atoms with Crippen LogP contribution in [0, 0.1) is 6.92 Å². The van der Waals surface area contributed by atoms with Crippen LogP contribution in [-0.4, -0.2) is 18.2 Å². The zero-order valence-corrected chi connectivity index (χ0v) is 16.8. The van der Waals surface area contributed by atoms with Crippen molar-refractivity contribution in [2.45, 2.75) is 11.8 Å². The van der Waals surface area contributed by atoms with E-state index in [0.717, 1.165) is 4.68 Å². The molecule has 2 aromatic carbocycles. The van der Waals surface area contributed by atoms with Gasteiger partial charge in [-0.1, -0.05) is 34.8 Å². The maximum atomic E-state index is 12.4. The highest BCUT2D eigenvalue weighted by Crippen LogP contribution is 2.24. The number of nitrogens with zero attached hydrogens (tertiary/aromatic N) is 2. The molecule has 27 heavy (non-hydrogen) atoms. The lowest BCUT2D eigenvalue weighted by Crippen LogP contribution is -2.21. The van der Waals surface area contributed by atoms with Gasteiger partial charge in [-0.05, 0) is 55.0 Å². The molecule has 3 aromatic rings. The highest BCUT2D eigenvalue weighted by Gasteiger charge is 2.18. The molecule has 0 atom stereocenters. The van der Waals surface area contributed by atoms with E-state index in [9.17, 15) is 13.2 Å². The van der Waals surface area contributed by atoms with Crippen molar-refractivity contribution in [3.63, 3.8) is 0 Å². The quantitative estimate of drug-likeness (QED) is 0.560. The SMILES string of the molecule is Cc1cc(OS(=O)(=O)c2ccc(-n3ncc(Cl)c(Cl)c3=O)cc2)ccc1Cl. The summed E-state index contributed by atoms with van der Waals surface area (Å²) in [4.78, 5) is 12.0. The van der Waals surface area contributed by atoms with Crippen LogP contribution in [0.5, 0.6) is 5.75 Å². The number of halogens is 3. The van der Waals surface area contributed by atoms with Gasteiger partial charge in [0.15, 0.2) is 0 Å². The first-order valence-electron chi connectivity index (χ1n) is 7.43. The molecule has 0 saturated heterocycles. The van der Waals surface area contributed by atoms with Crippen LogP contribution < -0.4 is 9.74 Å². The Morgan fingerprint density at radius 2 is 1.67 bits per heavy atom. The maximum Gasteiger partial charge on any atom is 0.339 e. The van der Waals surface area contributed by atoms with Gasteiger partial charge in [0, 0.05) is 5.02 Å². The van der Waals surface area contributed by atoms with Crippen LogP contribution in [0.2, 0.25) is 15.1 Å². The number of benzene rings is 2. The molecular formula is C17H11Cl3N2O4S. The average Bonchev–Trinajstić information content (AvgIpc) is 2.63. The third kappa shape index (κ3) is 4.11. The Balaban J connectivity index is 1.91. The van der Waals surface area contributed by atoms with Gasteiger partial charge in [0.25, 0.3) is 5.56 Å². The molecule has 0 aliphatic carbocycles. The Labute approximate surface area is 170 Å². The van der Waals surface area contributed by atoms with E-state index >= 15 is 0 Å². The molecule has 0 aliphatic heterocycles.